The van der Waals surface area contributed by atoms with Gasteiger partial charge in [-0.05, 0) is 12.1 Å². The summed E-state index contributed by atoms with van der Waals surface area (Å²) in [5.74, 6) is -1.24. The van der Waals surface area contributed by atoms with Crippen molar-refractivity contribution in [3.05, 3.63) is 23.9 Å². The Morgan fingerprint density at radius 3 is 2.36 bits per heavy atom. The first kappa shape index (κ1) is 7.84. The Kier molecular flexibility index (Phi) is 1.72. The van der Waals surface area contributed by atoms with Crippen LogP contribution < -0.4 is 0 Å². The van der Waals surface area contributed by atoms with Crippen molar-refractivity contribution in [2.45, 2.75) is 6.18 Å². The second kappa shape index (κ2) is 2.41. The molecule has 0 saturated carbocycles. The van der Waals surface area contributed by atoms with E-state index in [1.807, 2.05) is 0 Å². The van der Waals surface area contributed by atoms with Gasteiger partial charge in [0.2, 0.25) is 0 Å². The van der Waals surface area contributed by atoms with Gasteiger partial charge in [-0.15, -0.1) is 0 Å². The number of nitrogens with zero attached hydrogens (tertiary/aromatic N) is 1. The summed E-state index contributed by atoms with van der Waals surface area (Å²) in [6, 6.07) is 1.78. The fourth-order valence-electron chi connectivity index (χ4n) is 0.607. The van der Waals surface area contributed by atoms with E-state index in [0.29, 0.717) is 6.07 Å². The molecule has 2 nitrogen and oxygen atoms in total. The van der Waals surface area contributed by atoms with Crippen molar-refractivity contribution in [1.29, 1.82) is 0 Å². The van der Waals surface area contributed by atoms with Gasteiger partial charge in [0.15, 0.2) is 0 Å². The van der Waals surface area contributed by atoms with Crippen molar-refractivity contribution in [1.82, 2.24) is 4.98 Å². The fourth-order valence-corrected chi connectivity index (χ4v) is 0.607. The Labute approximate surface area is 60.3 Å². The molecule has 1 heterocycles. The van der Waals surface area contributed by atoms with Crippen LogP contribution in [-0.4, -0.2) is 4.98 Å². The van der Waals surface area contributed by atoms with Crippen LogP contribution in [0.25, 0.3) is 0 Å². The van der Waals surface area contributed by atoms with Gasteiger partial charge in [-0.1, -0.05) is 0 Å². The second-order valence-corrected chi connectivity index (χ2v) is 1.85. The summed E-state index contributed by atoms with van der Waals surface area (Å²) in [6.07, 6.45) is -3.57. The van der Waals surface area contributed by atoms with Crippen molar-refractivity contribution in [3.63, 3.8) is 0 Å². The molecule has 0 N–H and O–H groups in total. The average Bonchev–Trinajstić information content (AvgIpc) is 1.86. The number of halogens is 3. The van der Waals surface area contributed by atoms with E-state index < -0.39 is 17.6 Å². The standard InChI is InChI=1S/C6H3F3NO/c7-6(8,9)4-2-1-3-10-5(4)11/h1-3H. The Bertz CT molecular complexity index is 258. The summed E-state index contributed by atoms with van der Waals surface area (Å²) in [5, 5.41) is 10.4. The average molecular weight is 162 g/mol. The number of hydrogen-bond acceptors (Lipinski definition) is 1. The predicted octanol–water partition coefficient (Wildman–Crippen LogP) is 2.24. The highest BCUT2D eigenvalue weighted by atomic mass is 19.4. The highest BCUT2D eigenvalue weighted by Crippen LogP contribution is 2.33. The van der Waals surface area contributed by atoms with Crippen LogP contribution in [0.2, 0.25) is 0 Å². The first-order chi connectivity index (χ1) is 5.02. The molecule has 0 atom stereocenters. The molecule has 1 aromatic rings. The van der Waals surface area contributed by atoms with Crippen LogP contribution in [0, 0.1) is 0 Å². The van der Waals surface area contributed by atoms with Crippen molar-refractivity contribution < 1.29 is 18.3 Å². The van der Waals surface area contributed by atoms with Crippen LogP contribution in [0.5, 0.6) is 5.88 Å². The molecule has 0 saturated heterocycles. The van der Waals surface area contributed by atoms with Crippen LogP contribution in [0.4, 0.5) is 13.2 Å². The maximum absolute atomic E-state index is 11.8. The highest BCUT2D eigenvalue weighted by molar-refractivity contribution is 5.26. The first-order valence-corrected chi connectivity index (χ1v) is 2.71. The lowest BCUT2D eigenvalue weighted by molar-refractivity contribution is -0.139. The summed E-state index contributed by atoms with van der Waals surface area (Å²) >= 11 is 0. The molecule has 0 spiro atoms. The molecular weight excluding hydrogens is 159 g/mol. The molecule has 1 rings (SSSR count). The lowest BCUT2D eigenvalue weighted by Crippen LogP contribution is -2.05. The fraction of sp³-hybridized carbons (Fsp3) is 0.167. The van der Waals surface area contributed by atoms with Gasteiger partial charge in [-0.25, -0.2) is 4.98 Å². The minimum absolute atomic E-state index is 0.704. The molecule has 0 fully saturated rings. The zero-order chi connectivity index (χ0) is 8.48. The third-order valence-electron chi connectivity index (χ3n) is 1.08. The summed E-state index contributed by atoms with van der Waals surface area (Å²) < 4.78 is 35.4. The first-order valence-electron chi connectivity index (χ1n) is 2.71. The van der Waals surface area contributed by atoms with E-state index in [4.69, 9.17) is 0 Å². The normalized spacial score (nSPS) is 11.5. The molecule has 0 unspecified atom stereocenters. The second-order valence-electron chi connectivity index (χ2n) is 1.85. The quantitative estimate of drug-likeness (QED) is 0.575. The summed E-state index contributed by atoms with van der Waals surface area (Å²) in [6.45, 7) is 0. The summed E-state index contributed by atoms with van der Waals surface area (Å²) in [7, 11) is 0. The molecule has 11 heavy (non-hydrogen) atoms. The lowest BCUT2D eigenvalue weighted by atomic mass is 10.3. The maximum atomic E-state index is 11.8. The summed E-state index contributed by atoms with van der Waals surface area (Å²) in [4.78, 5) is 2.97. The zero-order valence-corrected chi connectivity index (χ0v) is 5.22. The molecule has 0 aliphatic heterocycles. The highest BCUT2D eigenvalue weighted by Gasteiger charge is 2.34. The van der Waals surface area contributed by atoms with Gasteiger partial charge in [0.05, 0.1) is 0 Å². The largest absolute Gasteiger partial charge is 0.421 e. The van der Waals surface area contributed by atoms with E-state index in [1.165, 1.54) is 0 Å². The smallest absolute Gasteiger partial charge is 0.267 e. The van der Waals surface area contributed by atoms with Gasteiger partial charge in [0, 0.05) is 6.20 Å². The Morgan fingerprint density at radius 1 is 1.36 bits per heavy atom. The molecule has 1 radical (unpaired) electrons. The molecule has 0 aliphatic rings. The zero-order valence-electron chi connectivity index (χ0n) is 5.22. The van der Waals surface area contributed by atoms with E-state index >= 15 is 0 Å². The van der Waals surface area contributed by atoms with Crippen molar-refractivity contribution in [3.8, 4) is 5.88 Å². The van der Waals surface area contributed by atoms with Crippen LogP contribution in [0.3, 0.4) is 0 Å². The van der Waals surface area contributed by atoms with E-state index in [0.717, 1.165) is 12.3 Å². The van der Waals surface area contributed by atoms with E-state index in [9.17, 15) is 18.3 Å². The topological polar surface area (TPSA) is 32.8 Å². The third-order valence-corrected chi connectivity index (χ3v) is 1.08. The van der Waals surface area contributed by atoms with Crippen LogP contribution in [0.1, 0.15) is 5.56 Å². The van der Waals surface area contributed by atoms with Crippen LogP contribution >= 0.6 is 0 Å². The van der Waals surface area contributed by atoms with Gasteiger partial charge in [0.25, 0.3) is 5.88 Å². The number of aromatic nitrogens is 1. The predicted molar refractivity (Wildman–Crippen MR) is 29.4 cm³/mol. The van der Waals surface area contributed by atoms with E-state index in [1.54, 1.807) is 0 Å². The minimum atomic E-state index is -4.59. The molecule has 59 valence electrons. The third kappa shape index (κ3) is 1.60. The molecule has 0 aliphatic carbocycles. The number of pyridine rings is 1. The lowest BCUT2D eigenvalue weighted by Gasteiger charge is -2.04. The van der Waals surface area contributed by atoms with Crippen molar-refractivity contribution >= 4 is 0 Å². The number of rotatable bonds is 0. The Morgan fingerprint density at radius 2 is 2.00 bits per heavy atom. The molecule has 1 aromatic heterocycles. The SMILES string of the molecule is [O]c1ncccc1C(F)(F)F. The van der Waals surface area contributed by atoms with Gasteiger partial charge < -0.3 is 0 Å². The van der Waals surface area contributed by atoms with E-state index in [2.05, 4.69) is 4.98 Å². The monoisotopic (exact) mass is 162 g/mol. The van der Waals surface area contributed by atoms with E-state index in [-0.39, 0.29) is 0 Å². The summed E-state index contributed by atoms with van der Waals surface area (Å²) in [5.41, 5.74) is -1.22. The van der Waals surface area contributed by atoms with Crippen molar-refractivity contribution in [2.75, 3.05) is 0 Å². The molecule has 0 bridgehead atoms. The Balaban J connectivity index is 3.14. The van der Waals surface area contributed by atoms with Crippen LogP contribution in [-0.2, 0) is 11.3 Å². The van der Waals surface area contributed by atoms with Gasteiger partial charge >= 0.3 is 6.18 Å². The van der Waals surface area contributed by atoms with Gasteiger partial charge in [0.1, 0.15) is 5.56 Å². The Hall–Kier alpha value is -1.26. The maximum Gasteiger partial charge on any atom is 0.421 e. The minimum Gasteiger partial charge on any atom is -0.267 e. The van der Waals surface area contributed by atoms with Gasteiger partial charge in [-0.3, -0.25) is 5.11 Å². The molecule has 0 aromatic carbocycles. The number of alkyl halides is 3. The molecule has 5 heteroatoms. The molecular formula is C6H3F3NO. The van der Waals surface area contributed by atoms with Crippen LogP contribution in [0.15, 0.2) is 18.3 Å². The molecule has 0 amide bonds. The van der Waals surface area contributed by atoms with Crippen molar-refractivity contribution in [2.24, 2.45) is 0 Å². The number of hydrogen-bond donors (Lipinski definition) is 0. The van der Waals surface area contributed by atoms with Gasteiger partial charge in [-0.2, -0.15) is 13.2 Å².